The summed E-state index contributed by atoms with van der Waals surface area (Å²) in [6.07, 6.45) is 4.34. The molecule has 0 aliphatic carbocycles. The van der Waals surface area contributed by atoms with E-state index in [1.54, 1.807) is 12.3 Å². The molecule has 1 heterocycles. The van der Waals surface area contributed by atoms with E-state index < -0.39 is 4.92 Å². The predicted octanol–water partition coefficient (Wildman–Crippen LogP) is 2.74. The minimum Gasteiger partial charge on any atom is -0.396 e. The van der Waals surface area contributed by atoms with Crippen LogP contribution in [0.3, 0.4) is 0 Å². The molecule has 0 spiro atoms. The van der Waals surface area contributed by atoms with Crippen molar-refractivity contribution in [3.63, 3.8) is 0 Å². The first-order valence-electron chi connectivity index (χ1n) is 6.99. The monoisotopic (exact) mass is 289 g/mol. The zero-order valence-electron chi connectivity index (χ0n) is 12.0. The summed E-state index contributed by atoms with van der Waals surface area (Å²) in [6.45, 7) is 1.05. The normalized spacial score (nSPS) is 10.8. The van der Waals surface area contributed by atoms with Crippen molar-refractivity contribution in [2.24, 2.45) is 0 Å². The molecule has 2 aromatic rings. The van der Waals surface area contributed by atoms with Crippen LogP contribution in [0.2, 0.25) is 0 Å². The summed E-state index contributed by atoms with van der Waals surface area (Å²) in [6, 6.07) is 6.89. The van der Waals surface area contributed by atoms with Crippen LogP contribution in [0.15, 0.2) is 30.5 Å². The number of rotatable bonds is 7. The average Bonchev–Trinajstić information content (AvgIpc) is 2.50. The maximum Gasteiger partial charge on any atom is 0.295 e. The first kappa shape index (κ1) is 15.2. The number of nitrogens with zero attached hydrogens (tertiary/aromatic N) is 3. The van der Waals surface area contributed by atoms with Gasteiger partial charge in [0.2, 0.25) is 0 Å². The van der Waals surface area contributed by atoms with Gasteiger partial charge in [-0.2, -0.15) is 0 Å². The van der Waals surface area contributed by atoms with Crippen LogP contribution >= 0.6 is 0 Å². The number of fused-ring (bicyclic) bond motifs is 1. The minimum atomic E-state index is -0.402. The van der Waals surface area contributed by atoms with Crippen LogP contribution in [0.5, 0.6) is 0 Å². The lowest BCUT2D eigenvalue weighted by Gasteiger charge is -2.20. The van der Waals surface area contributed by atoms with Gasteiger partial charge in [-0.15, -0.1) is 0 Å². The zero-order valence-corrected chi connectivity index (χ0v) is 12.0. The molecule has 0 aliphatic rings. The minimum absolute atomic E-state index is 0.0306. The summed E-state index contributed by atoms with van der Waals surface area (Å²) in [5, 5.41) is 20.6. The molecular weight excluding hydrogens is 270 g/mol. The van der Waals surface area contributed by atoms with Gasteiger partial charge in [-0.05, 0) is 25.3 Å². The number of aromatic nitrogens is 1. The second-order valence-corrected chi connectivity index (χ2v) is 4.97. The number of pyridine rings is 1. The fraction of sp³-hybridized carbons (Fsp3) is 0.400. The van der Waals surface area contributed by atoms with Gasteiger partial charge in [-0.25, -0.2) is 4.98 Å². The summed E-state index contributed by atoms with van der Waals surface area (Å²) in [5.41, 5.74) is 1.39. The average molecular weight is 289 g/mol. The summed E-state index contributed by atoms with van der Waals surface area (Å²) in [4.78, 5) is 16.9. The summed E-state index contributed by atoms with van der Waals surface area (Å²) < 4.78 is 0. The molecule has 6 nitrogen and oxygen atoms in total. The number of nitro groups is 1. The number of benzene rings is 1. The molecule has 0 bridgehead atoms. The highest BCUT2D eigenvalue weighted by molar-refractivity contribution is 5.96. The largest absolute Gasteiger partial charge is 0.396 e. The number of aliphatic hydroxyl groups excluding tert-OH is 1. The highest BCUT2D eigenvalue weighted by Crippen LogP contribution is 2.30. The maximum absolute atomic E-state index is 11.1. The second-order valence-electron chi connectivity index (χ2n) is 4.97. The molecule has 1 N–H and O–H groups in total. The number of hydrogen-bond donors (Lipinski definition) is 1. The molecule has 1 aromatic carbocycles. The van der Waals surface area contributed by atoms with E-state index in [0.29, 0.717) is 5.52 Å². The Balaban J connectivity index is 2.28. The molecule has 2 rings (SSSR count). The molecule has 6 heteroatoms. The fourth-order valence-corrected chi connectivity index (χ4v) is 2.38. The van der Waals surface area contributed by atoms with Crippen molar-refractivity contribution in [2.45, 2.75) is 19.3 Å². The zero-order chi connectivity index (χ0) is 15.2. The Morgan fingerprint density at radius 1 is 1.29 bits per heavy atom. The molecule has 0 atom stereocenters. The van der Waals surface area contributed by atoms with Crippen LogP contribution in [-0.4, -0.2) is 35.2 Å². The Labute approximate surface area is 123 Å². The van der Waals surface area contributed by atoms with E-state index in [2.05, 4.69) is 9.88 Å². The SMILES string of the molecule is CN(CCCCCO)c1ccnc2c([N+](=O)[O-])cccc12. The van der Waals surface area contributed by atoms with Crippen LogP contribution < -0.4 is 4.90 Å². The van der Waals surface area contributed by atoms with Crippen molar-refractivity contribution >= 4 is 22.3 Å². The van der Waals surface area contributed by atoms with Crippen molar-refractivity contribution in [3.8, 4) is 0 Å². The maximum atomic E-state index is 11.1. The van der Waals surface area contributed by atoms with Crippen LogP contribution in [-0.2, 0) is 0 Å². The molecule has 0 radical (unpaired) electrons. The van der Waals surface area contributed by atoms with Crippen LogP contribution in [0.1, 0.15) is 19.3 Å². The topological polar surface area (TPSA) is 79.5 Å². The second kappa shape index (κ2) is 6.99. The number of para-hydroxylation sites is 1. The van der Waals surface area contributed by atoms with Gasteiger partial charge >= 0.3 is 0 Å². The predicted molar refractivity (Wildman–Crippen MR) is 82.6 cm³/mol. The molecule has 0 saturated heterocycles. The van der Waals surface area contributed by atoms with E-state index in [9.17, 15) is 10.1 Å². The lowest BCUT2D eigenvalue weighted by Crippen LogP contribution is -2.19. The van der Waals surface area contributed by atoms with Crippen molar-refractivity contribution in [1.29, 1.82) is 0 Å². The number of non-ortho nitro benzene ring substituents is 1. The fourth-order valence-electron chi connectivity index (χ4n) is 2.38. The molecule has 0 fully saturated rings. The molecule has 0 saturated carbocycles. The van der Waals surface area contributed by atoms with E-state index >= 15 is 0 Å². The van der Waals surface area contributed by atoms with Gasteiger partial charge in [-0.1, -0.05) is 12.1 Å². The Morgan fingerprint density at radius 2 is 2.10 bits per heavy atom. The highest BCUT2D eigenvalue weighted by atomic mass is 16.6. The van der Waals surface area contributed by atoms with Crippen molar-refractivity contribution in [2.75, 3.05) is 25.1 Å². The van der Waals surface area contributed by atoms with Gasteiger partial charge in [0.15, 0.2) is 0 Å². The van der Waals surface area contributed by atoms with Crippen molar-refractivity contribution < 1.29 is 10.0 Å². The smallest absolute Gasteiger partial charge is 0.295 e. The molecule has 1 aromatic heterocycles. The third kappa shape index (κ3) is 3.46. The standard InChI is InChI=1S/C15H19N3O3/c1-17(10-3-2-4-11-19)13-8-9-16-15-12(13)6-5-7-14(15)18(20)21/h5-9,19H,2-4,10-11H2,1H3. The quantitative estimate of drug-likeness (QED) is 0.481. The van der Waals surface area contributed by atoms with E-state index in [1.165, 1.54) is 6.07 Å². The third-order valence-corrected chi connectivity index (χ3v) is 3.49. The summed E-state index contributed by atoms with van der Waals surface area (Å²) in [5.74, 6) is 0. The Kier molecular flexibility index (Phi) is 5.05. The lowest BCUT2D eigenvalue weighted by molar-refractivity contribution is -0.383. The van der Waals surface area contributed by atoms with Crippen molar-refractivity contribution in [3.05, 3.63) is 40.6 Å². The van der Waals surface area contributed by atoms with Gasteiger partial charge < -0.3 is 10.0 Å². The van der Waals surface area contributed by atoms with E-state index in [1.807, 2.05) is 19.2 Å². The van der Waals surface area contributed by atoms with Crippen LogP contribution in [0, 0.1) is 10.1 Å². The number of nitro benzene ring substituents is 1. The number of anilines is 1. The lowest BCUT2D eigenvalue weighted by atomic mass is 10.1. The van der Waals surface area contributed by atoms with E-state index in [-0.39, 0.29) is 12.3 Å². The van der Waals surface area contributed by atoms with Gasteiger partial charge in [0, 0.05) is 43.5 Å². The Hall–Kier alpha value is -2.21. The van der Waals surface area contributed by atoms with E-state index in [4.69, 9.17) is 5.11 Å². The summed E-state index contributed by atoms with van der Waals surface area (Å²) in [7, 11) is 1.96. The molecule has 0 aliphatic heterocycles. The Bertz CT molecular complexity index is 631. The highest BCUT2D eigenvalue weighted by Gasteiger charge is 2.15. The van der Waals surface area contributed by atoms with Crippen LogP contribution in [0.25, 0.3) is 10.9 Å². The third-order valence-electron chi connectivity index (χ3n) is 3.49. The van der Waals surface area contributed by atoms with Gasteiger partial charge in [0.25, 0.3) is 5.69 Å². The Morgan fingerprint density at radius 3 is 2.81 bits per heavy atom. The first-order chi connectivity index (χ1) is 10.1. The summed E-state index contributed by atoms with van der Waals surface area (Å²) >= 11 is 0. The van der Waals surface area contributed by atoms with Crippen molar-refractivity contribution in [1.82, 2.24) is 4.98 Å². The molecule has 112 valence electrons. The van der Waals surface area contributed by atoms with Gasteiger partial charge in [-0.3, -0.25) is 10.1 Å². The molecular formula is C15H19N3O3. The molecule has 0 unspecified atom stereocenters. The number of hydrogen-bond acceptors (Lipinski definition) is 5. The van der Waals surface area contributed by atoms with Gasteiger partial charge in [0.1, 0.15) is 5.52 Å². The first-order valence-corrected chi connectivity index (χ1v) is 6.99. The van der Waals surface area contributed by atoms with Gasteiger partial charge in [0.05, 0.1) is 4.92 Å². The number of aliphatic hydroxyl groups is 1. The molecule has 0 amide bonds. The van der Waals surface area contributed by atoms with Crippen LogP contribution in [0.4, 0.5) is 11.4 Å². The molecule has 21 heavy (non-hydrogen) atoms. The van der Waals surface area contributed by atoms with E-state index in [0.717, 1.165) is 36.9 Å². The number of unbranched alkanes of at least 4 members (excludes halogenated alkanes) is 2.